The van der Waals surface area contributed by atoms with E-state index < -0.39 is 0 Å². The lowest BCUT2D eigenvalue weighted by Crippen LogP contribution is -2.18. The van der Waals surface area contributed by atoms with Gasteiger partial charge in [-0.2, -0.15) is 0 Å². The van der Waals surface area contributed by atoms with Crippen molar-refractivity contribution >= 4 is 28.8 Å². The average Bonchev–Trinajstić information content (AvgIpc) is 2.47. The molecule has 102 valence electrons. The molecule has 4 nitrogen and oxygen atoms in total. The molecule has 0 spiro atoms. The van der Waals surface area contributed by atoms with E-state index in [2.05, 4.69) is 5.32 Å². The summed E-state index contributed by atoms with van der Waals surface area (Å²) in [6.07, 6.45) is 0. The maximum Gasteiger partial charge on any atom is 0.259 e. The number of hydrogen-bond acceptors (Lipinski definition) is 3. The summed E-state index contributed by atoms with van der Waals surface area (Å²) >= 11 is 4.97. The number of benzene rings is 2. The van der Waals surface area contributed by atoms with Gasteiger partial charge in [-0.15, -0.1) is 0 Å². The highest BCUT2D eigenvalue weighted by Gasteiger charge is 2.13. The van der Waals surface area contributed by atoms with Gasteiger partial charge in [-0.25, -0.2) is 0 Å². The Kier molecular flexibility index (Phi) is 4.32. The van der Waals surface area contributed by atoms with Gasteiger partial charge >= 0.3 is 0 Å². The lowest BCUT2D eigenvalue weighted by molar-refractivity contribution is 0.102. The first-order valence-corrected chi connectivity index (χ1v) is 6.37. The van der Waals surface area contributed by atoms with E-state index in [1.54, 1.807) is 42.5 Å². The third-order valence-corrected chi connectivity index (χ3v) is 3.01. The summed E-state index contributed by atoms with van der Waals surface area (Å²) in [7, 11) is 1.52. The van der Waals surface area contributed by atoms with E-state index in [9.17, 15) is 4.79 Å². The van der Waals surface area contributed by atoms with Crippen molar-refractivity contribution in [2.24, 2.45) is 5.73 Å². The van der Waals surface area contributed by atoms with E-state index in [1.807, 2.05) is 6.07 Å². The second-order valence-corrected chi connectivity index (χ2v) is 4.50. The van der Waals surface area contributed by atoms with Crippen molar-refractivity contribution in [3.8, 4) is 5.75 Å². The number of thiocarbonyl (C=S) groups is 1. The van der Waals surface area contributed by atoms with Crippen molar-refractivity contribution in [1.82, 2.24) is 0 Å². The summed E-state index contributed by atoms with van der Waals surface area (Å²) in [4.78, 5) is 12.5. The van der Waals surface area contributed by atoms with E-state index in [-0.39, 0.29) is 10.9 Å². The summed E-state index contributed by atoms with van der Waals surface area (Å²) in [6, 6.07) is 14.1. The van der Waals surface area contributed by atoms with Crippen LogP contribution in [0.3, 0.4) is 0 Å². The largest absolute Gasteiger partial charge is 0.496 e. The van der Waals surface area contributed by atoms with Crippen LogP contribution in [0.25, 0.3) is 0 Å². The number of ether oxygens (including phenoxy) is 1. The van der Waals surface area contributed by atoms with Gasteiger partial charge in [0, 0.05) is 5.56 Å². The lowest BCUT2D eigenvalue weighted by atomic mass is 10.1. The second-order valence-electron chi connectivity index (χ2n) is 4.06. The minimum absolute atomic E-state index is 0.237. The summed E-state index contributed by atoms with van der Waals surface area (Å²) in [6.45, 7) is 0. The Hall–Kier alpha value is -2.40. The lowest BCUT2D eigenvalue weighted by Gasteiger charge is -2.11. The van der Waals surface area contributed by atoms with Crippen molar-refractivity contribution < 1.29 is 9.53 Å². The quantitative estimate of drug-likeness (QED) is 0.848. The van der Waals surface area contributed by atoms with E-state index >= 15 is 0 Å². The monoisotopic (exact) mass is 286 g/mol. The molecule has 0 fully saturated rings. The van der Waals surface area contributed by atoms with E-state index in [0.29, 0.717) is 22.6 Å². The number of hydrogen-bond donors (Lipinski definition) is 2. The minimum Gasteiger partial charge on any atom is -0.496 e. The number of nitrogens with one attached hydrogen (secondary N) is 1. The molecule has 0 radical (unpaired) electrons. The average molecular weight is 286 g/mol. The van der Waals surface area contributed by atoms with Crippen LogP contribution in [-0.2, 0) is 0 Å². The van der Waals surface area contributed by atoms with Crippen molar-refractivity contribution in [3.63, 3.8) is 0 Å². The van der Waals surface area contributed by atoms with Crippen LogP contribution in [0.2, 0.25) is 0 Å². The number of para-hydroxylation sites is 2. The van der Waals surface area contributed by atoms with Crippen molar-refractivity contribution in [2.45, 2.75) is 0 Å². The standard InChI is InChI=1S/C15H14N2O2S/c1-19-13-9-5-3-7-11(13)15(18)17-12-8-4-2-6-10(12)14(16)20/h2-9H,1H3,(H2,16,20)(H,17,18). The maximum absolute atomic E-state index is 12.3. The third-order valence-electron chi connectivity index (χ3n) is 2.79. The smallest absolute Gasteiger partial charge is 0.259 e. The first kappa shape index (κ1) is 14.0. The van der Waals surface area contributed by atoms with E-state index in [1.165, 1.54) is 7.11 Å². The molecule has 20 heavy (non-hydrogen) atoms. The molecule has 0 aliphatic carbocycles. The van der Waals surface area contributed by atoms with Gasteiger partial charge in [0.15, 0.2) is 0 Å². The first-order valence-electron chi connectivity index (χ1n) is 5.96. The second kappa shape index (κ2) is 6.16. The molecule has 0 aliphatic rings. The van der Waals surface area contributed by atoms with Crippen LogP contribution < -0.4 is 15.8 Å². The molecular formula is C15H14N2O2S. The SMILES string of the molecule is COc1ccccc1C(=O)Nc1ccccc1C(N)=S. The zero-order valence-electron chi connectivity index (χ0n) is 10.9. The van der Waals surface area contributed by atoms with Crippen molar-refractivity contribution in [1.29, 1.82) is 0 Å². The molecule has 2 aromatic rings. The summed E-state index contributed by atoms with van der Waals surface area (Å²) in [5.74, 6) is 0.240. The van der Waals surface area contributed by atoms with Gasteiger partial charge in [0.05, 0.1) is 18.4 Å². The van der Waals surface area contributed by atoms with Crippen LogP contribution in [-0.4, -0.2) is 18.0 Å². The van der Waals surface area contributed by atoms with E-state index in [4.69, 9.17) is 22.7 Å². The third kappa shape index (κ3) is 2.95. The molecule has 0 aliphatic heterocycles. The summed E-state index contributed by atoms with van der Waals surface area (Å²) < 4.78 is 5.17. The van der Waals surface area contributed by atoms with Crippen LogP contribution >= 0.6 is 12.2 Å². The van der Waals surface area contributed by atoms with Gasteiger partial charge in [-0.1, -0.05) is 36.5 Å². The minimum atomic E-state index is -0.272. The van der Waals surface area contributed by atoms with Gasteiger partial charge in [-0.05, 0) is 24.3 Å². The van der Waals surface area contributed by atoms with Gasteiger partial charge in [0.1, 0.15) is 10.7 Å². The number of carbonyl (C=O) groups is 1. The highest BCUT2D eigenvalue weighted by atomic mass is 32.1. The highest BCUT2D eigenvalue weighted by Crippen LogP contribution is 2.21. The van der Waals surface area contributed by atoms with Crippen LogP contribution in [0.4, 0.5) is 5.69 Å². The first-order chi connectivity index (χ1) is 9.63. The zero-order valence-corrected chi connectivity index (χ0v) is 11.7. The fourth-order valence-corrected chi connectivity index (χ4v) is 2.01. The highest BCUT2D eigenvalue weighted by molar-refractivity contribution is 7.80. The number of rotatable bonds is 4. The van der Waals surface area contributed by atoms with Gasteiger partial charge in [-0.3, -0.25) is 4.79 Å². The normalized spacial score (nSPS) is 9.85. The molecule has 3 N–H and O–H groups in total. The van der Waals surface area contributed by atoms with Gasteiger partial charge < -0.3 is 15.8 Å². The molecular weight excluding hydrogens is 272 g/mol. The van der Waals surface area contributed by atoms with Gasteiger partial charge in [0.25, 0.3) is 5.91 Å². The number of methoxy groups -OCH3 is 1. The Bertz CT molecular complexity index is 656. The number of anilines is 1. The molecule has 0 saturated carbocycles. The Morgan fingerprint density at radius 1 is 1.10 bits per heavy atom. The fraction of sp³-hybridized carbons (Fsp3) is 0.0667. The molecule has 0 aromatic heterocycles. The molecule has 1 amide bonds. The number of carbonyl (C=O) groups excluding carboxylic acids is 1. The van der Waals surface area contributed by atoms with Crippen LogP contribution in [0.5, 0.6) is 5.75 Å². The summed E-state index contributed by atoms with van der Waals surface area (Å²) in [5, 5.41) is 2.80. The topological polar surface area (TPSA) is 64.3 Å². The van der Waals surface area contributed by atoms with Gasteiger partial charge in [0.2, 0.25) is 0 Å². The van der Waals surface area contributed by atoms with Crippen molar-refractivity contribution in [3.05, 3.63) is 59.7 Å². The molecule has 0 unspecified atom stereocenters. The molecule has 0 bridgehead atoms. The van der Waals surface area contributed by atoms with Crippen LogP contribution in [0, 0.1) is 0 Å². The van der Waals surface area contributed by atoms with Crippen LogP contribution in [0.1, 0.15) is 15.9 Å². The Morgan fingerprint density at radius 2 is 1.70 bits per heavy atom. The summed E-state index contributed by atoms with van der Waals surface area (Å²) in [5.41, 5.74) is 7.30. The molecule has 0 heterocycles. The molecule has 5 heteroatoms. The Balaban J connectivity index is 2.31. The predicted octanol–water partition coefficient (Wildman–Crippen LogP) is 2.58. The molecule has 2 aromatic carbocycles. The predicted molar refractivity (Wildman–Crippen MR) is 83.3 cm³/mol. The number of nitrogens with two attached hydrogens (primary N) is 1. The Morgan fingerprint density at radius 3 is 2.35 bits per heavy atom. The fourth-order valence-electron chi connectivity index (χ4n) is 1.83. The zero-order chi connectivity index (χ0) is 14.5. The van der Waals surface area contributed by atoms with Crippen molar-refractivity contribution in [2.75, 3.05) is 12.4 Å². The molecule has 0 saturated heterocycles. The molecule has 0 atom stereocenters. The Labute approximate surface area is 122 Å². The number of amides is 1. The van der Waals surface area contributed by atoms with Crippen LogP contribution in [0.15, 0.2) is 48.5 Å². The van der Waals surface area contributed by atoms with E-state index in [0.717, 1.165) is 0 Å². The molecule has 2 rings (SSSR count). The maximum atomic E-state index is 12.3.